The second kappa shape index (κ2) is 11.3. The minimum atomic E-state index is -4.63. The predicted molar refractivity (Wildman–Crippen MR) is 139 cm³/mol. The van der Waals surface area contributed by atoms with Crippen molar-refractivity contribution in [2.75, 3.05) is 6.61 Å². The molecule has 2 heterocycles. The molecule has 5 rings (SSSR count). The zero-order valence-corrected chi connectivity index (χ0v) is 22.4. The Balaban J connectivity index is 1.23. The summed E-state index contributed by atoms with van der Waals surface area (Å²) in [6, 6.07) is 9.83. The SMILES string of the molecule is C[C@@H](Cc1cn([C@@H]2CCOc3cc(CNC4CCCC4)ccc32)nn1)NS(=O)(=O)c1cccc(C(F)(F)F)c1. The van der Waals surface area contributed by atoms with E-state index in [9.17, 15) is 21.6 Å². The summed E-state index contributed by atoms with van der Waals surface area (Å²) in [5.74, 6) is 0.830. The van der Waals surface area contributed by atoms with Gasteiger partial charge in [0, 0.05) is 43.2 Å². The lowest BCUT2D eigenvalue weighted by Crippen LogP contribution is -2.34. The topological polar surface area (TPSA) is 98.1 Å². The predicted octanol–water partition coefficient (Wildman–Crippen LogP) is 4.61. The summed E-state index contributed by atoms with van der Waals surface area (Å²) < 4.78 is 74.7. The molecular formula is C27H32F3N5O3S. The van der Waals surface area contributed by atoms with Crippen LogP contribution in [0.5, 0.6) is 5.75 Å². The molecule has 0 unspecified atom stereocenters. The number of hydrogen-bond donors (Lipinski definition) is 2. The molecule has 39 heavy (non-hydrogen) atoms. The maximum atomic E-state index is 13.0. The van der Waals surface area contributed by atoms with E-state index in [1.54, 1.807) is 17.8 Å². The Labute approximate surface area is 226 Å². The molecule has 2 N–H and O–H groups in total. The van der Waals surface area contributed by atoms with Crippen LogP contribution in [-0.4, -0.2) is 42.1 Å². The van der Waals surface area contributed by atoms with E-state index in [1.165, 1.54) is 31.2 Å². The first kappa shape index (κ1) is 27.6. The summed E-state index contributed by atoms with van der Waals surface area (Å²) in [5.41, 5.74) is 1.73. The highest BCUT2D eigenvalue weighted by Crippen LogP contribution is 2.35. The van der Waals surface area contributed by atoms with Crippen LogP contribution in [0.1, 0.15) is 67.5 Å². The lowest BCUT2D eigenvalue weighted by Gasteiger charge is -2.26. The van der Waals surface area contributed by atoms with Gasteiger partial charge in [-0.15, -0.1) is 5.10 Å². The number of aromatic nitrogens is 3. The van der Waals surface area contributed by atoms with Crippen molar-refractivity contribution in [1.82, 2.24) is 25.0 Å². The molecule has 0 radical (unpaired) electrons. The van der Waals surface area contributed by atoms with Crippen molar-refractivity contribution in [3.8, 4) is 5.75 Å². The number of alkyl halides is 3. The van der Waals surface area contributed by atoms with Crippen LogP contribution in [-0.2, 0) is 29.2 Å². The maximum Gasteiger partial charge on any atom is 0.416 e. The van der Waals surface area contributed by atoms with Crippen LogP contribution in [0.25, 0.3) is 0 Å². The third-order valence-corrected chi connectivity index (χ3v) is 8.84. The van der Waals surface area contributed by atoms with Crippen LogP contribution in [0.4, 0.5) is 13.2 Å². The van der Waals surface area contributed by atoms with Gasteiger partial charge >= 0.3 is 6.18 Å². The number of halogens is 3. The summed E-state index contributed by atoms with van der Waals surface area (Å²) in [7, 11) is -4.16. The number of fused-ring (bicyclic) bond motifs is 1. The molecule has 3 aromatic rings. The highest BCUT2D eigenvalue weighted by atomic mass is 32.2. The molecule has 1 saturated carbocycles. The lowest BCUT2D eigenvalue weighted by molar-refractivity contribution is -0.137. The molecule has 8 nitrogen and oxygen atoms in total. The number of nitrogens with one attached hydrogen (secondary N) is 2. The summed E-state index contributed by atoms with van der Waals surface area (Å²) in [6.45, 7) is 2.97. The Kier molecular flexibility index (Phi) is 7.97. The minimum absolute atomic E-state index is 0.0658. The van der Waals surface area contributed by atoms with Gasteiger partial charge in [0.15, 0.2) is 0 Å². The molecule has 0 amide bonds. The Morgan fingerprint density at radius 3 is 2.69 bits per heavy atom. The smallest absolute Gasteiger partial charge is 0.416 e. The molecule has 2 atom stereocenters. The van der Waals surface area contributed by atoms with Gasteiger partial charge in [-0.25, -0.2) is 17.8 Å². The van der Waals surface area contributed by atoms with Crippen LogP contribution in [0.15, 0.2) is 53.6 Å². The number of benzene rings is 2. The van der Waals surface area contributed by atoms with Gasteiger partial charge in [0.2, 0.25) is 10.0 Å². The molecule has 2 aromatic carbocycles. The third-order valence-electron chi connectivity index (χ3n) is 7.26. The fourth-order valence-corrected chi connectivity index (χ4v) is 6.57. The molecule has 12 heteroatoms. The van der Waals surface area contributed by atoms with Gasteiger partial charge in [0.05, 0.1) is 28.8 Å². The van der Waals surface area contributed by atoms with Gasteiger partial charge < -0.3 is 10.1 Å². The first-order chi connectivity index (χ1) is 18.6. The van der Waals surface area contributed by atoms with Gasteiger partial charge in [-0.2, -0.15) is 13.2 Å². The molecule has 0 saturated heterocycles. The molecular weight excluding hydrogens is 531 g/mol. The van der Waals surface area contributed by atoms with Gasteiger partial charge in [0.1, 0.15) is 5.75 Å². The molecule has 1 aliphatic carbocycles. The van der Waals surface area contributed by atoms with Gasteiger partial charge in [-0.05, 0) is 49.6 Å². The molecule has 210 valence electrons. The standard InChI is InChI=1S/C27H32F3N5O3S/c1-18(33-39(36,37)23-8-4-5-20(15-23)27(28,29)30)13-22-17-35(34-32-22)25-11-12-38-26-14-19(9-10-24(25)26)16-31-21-6-2-3-7-21/h4-5,8-10,14-15,17-18,21,25,31,33H,2-3,6-7,11-13,16H2,1H3/t18-,25+/m0/s1. The van der Waals surface area contributed by atoms with Crippen molar-refractivity contribution in [1.29, 1.82) is 0 Å². The van der Waals surface area contributed by atoms with Crippen molar-refractivity contribution >= 4 is 10.0 Å². The van der Waals surface area contributed by atoms with E-state index in [1.807, 2.05) is 0 Å². The van der Waals surface area contributed by atoms with E-state index in [4.69, 9.17) is 4.74 Å². The largest absolute Gasteiger partial charge is 0.493 e. The summed E-state index contributed by atoms with van der Waals surface area (Å²) in [5, 5.41) is 12.1. The molecule has 2 aliphatic rings. The normalized spacial score (nSPS) is 19.0. The molecule has 1 fully saturated rings. The maximum absolute atomic E-state index is 13.0. The van der Waals surface area contributed by atoms with E-state index in [2.05, 4.69) is 38.6 Å². The van der Waals surface area contributed by atoms with Gasteiger partial charge in [0.25, 0.3) is 0 Å². The van der Waals surface area contributed by atoms with Crippen molar-refractivity contribution in [3.05, 3.63) is 71.0 Å². The summed E-state index contributed by atoms with van der Waals surface area (Å²) >= 11 is 0. The van der Waals surface area contributed by atoms with Crippen molar-refractivity contribution in [2.45, 2.75) is 81.2 Å². The minimum Gasteiger partial charge on any atom is -0.493 e. The Morgan fingerprint density at radius 2 is 1.92 bits per heavy atom. The molecule has 1 aromatic heterocycles. The van der Waals surface area contributed by atoms with Crippen LogP contribution < -0.4 is 14.8 Å². The van der Waals surface area contributed by atoms with Crippen molar-refractivity contribution < 1.29 is 26.3 Å². The number of nitrogens with zero attached hydrogens (tertiary/aromatic N) is 3. The zero-order chi connectivity index (χ0) is 27.6. The van der Waals surface area contributed by atoms with Gasteiger partial charge in [-0.1, -0.05) is 36.3 Å². The lowest BCUT2D eigenvalue weighted by atomic mass is 9.98. The highest BCUT2D eigenvalue weighted by Gasteiger charge is 2.32. The molecule has 0 bridgehead atoms. The van der Waals surface area contributed by atoms with Crippen LogP contribution in [0.2, 0.25) is 0 Å². The van der Waals surface area contributed by atoms with Crippen LogP contribution in [0.3, 0.4) is 0 Å². The monoisotopic (exact) mass is 563 g/mol. The quantitative estimate of drug-likeness (QED) is 0.395. The number of hydrogen-bond acceptors (Lipinski definition) is 6. The van der Waals surface area contributed by atoms with E-state index in [-0.39, 0.29) is 12.5 Å². The average molecular weight is 564 g/mol. The van der Waals surface area contributed by atoms with E-state index in [0.717, 1.165) is 36.1 Å². The summed E-state index contributed by atoms with van der Waals surface area (Å²) in [6.07, 6.45) is 3.11. The van der Waals surface area contributed by atoms with Crippen LogP contribution in [0, 0.1) is 0 Å². The van der Waals surface area contributed by atoms with E-state index in [0.29, 0.717) is 30.8 Å². The summed E-state index contributed by atoms with van der Waals surface area (Å²) in [4.78, 5) is -0.440. The third kappa shape index (κ3) is 6.62. The van der Waals surface area contributed by atoms with Crippen molar-refractivity contribution in [3.63, 3.8) is 0 Å². The second-order valence-electron chi connectivity index (χ2n) is 10.3. The first-order valence-corrected chi connectivity index (χ1v) is 14.7. The number of sulfonamides is 1. The van der Waals surface area contributed by atoms with Crippen LogP contribution >= 0.6 is 0 Å². The fourth-order valence-electron chi connectivity index (χ4n) is 5.28. The zero-order valence-electron chi connectivity index (χ0n) is 21.6. The van der Waals surface area contributed by atoms with Crippen molar-refractivity contribution in [2.24, 2.45) is 0 Å². The molecule has 1 aliphatic heterocycles. The van der Waals surface area contributed by atoms with Gasteiger partial charge in [-0.3, -0.25) is 0 Å². The second-order valence-corrected chi connectivity index (χ2v) is 12.0. The first-order valence-electron chi connectivity index (χ1n) is 13.2. The Bertz CT molecular complexity index is 1400. The Morgan fingerprint density at radius 1 is 1.13 bits per heavy atom. The number of ether oxygens (including phenoxy) is 1. The van der Waals surface area contributed by atoms with E-state index >= 15 is 0 Å². The average Bonchev–Trinajstić information content (AvgIpc) is 3.58. The number of rotatable bonds is 9. The fraction of sp³-hybridized carbons (Fsp3) is 0.481. The van der Waals surface area contributed by atoms with E-state index < -0.39 is 32.7 Å². The highest BCUT2D eigenvalue weighted by molar-refractivity contribution is 7.89. The molecule has 0 spiro atoms. The Hall–Kier alpha value is -2.96.